The lowest BCUT2D eigenvalue weighted by Gasteiger charge is -2.38. The maximum absolute atomic E-state index is 5.53. The lowest BCUT2D eigenvalue weighted by atomic mass is 10.1. The Morgan fingerprint density at radius 3 is 2.50 bits per heavy atom. The van der Waals surface area contributed by atoms with E-state index >= 15 is 0 Å². The summed E-state index contributed by atoms with van der Waals surface area (Å²) in [6.07, 6.45) is 0. The van der Waals surface area contributed by atoms with Gasteiger partial charge in [0.2, 0.25) is 0 Å². The summed E-state index contributed by atoms with van der Waals surface area (Å²) in [5.74, 6) is 1.90. The van der Waals surface area contributed by atoms with Crippen molar-refractivity contribution in [2.24, 2.45) is 4.99 Å². The number of hydrogen-bond donors (Lipinski definition) is 1. The fourth-order valence-corrected chi connectivity index (χ4v) is 4.33. The molecule has 0 radical (unpaired) electrons. The molecule has 2 aliphatic rings. The second kappa shape index (κ2) is 11.1. The van der Waals surface area contributed by atoms with Crippen LogP contribution >= 0.6 is 0 Å². The Balaban J connectivity index is 1.42. The predicted octanol–water partition coefficient (Wildman–Crippen LogP) is 2.82. The topological polar surface area (TPSA) is 52.6 Å². The van der Waals surface area contributed by atoms with Crippen molar-refractivity contribution in [3.8, 4) is 5.75 Å². The Kier molecular flexibility index (Phi) is 7.72. The van der Waals surface area contributed by atoms with Gasteiger partial charge in [-0.3, -0.25) is 0 Å². The van der Waals surface area contributed by atoms with Crippen molar-refractivity contribution in [2.45, 2.75) is 13.5 Å². The van der Waals surface area contributed by atoms with Gasteiger partial charge in [0.25, 0.3) is 0 Å². The van der Waals surface area contributed by atoms with Gasteiger partial charge in [-0.25, -0.2) is 4.99 Å². The van der Waals surface area contributed by atoms with Crippen LogP contribution in [0.2, 0.25) is 0 Å². The molecule has 0 aromatic heterocycles. The summed E-state index contributed by atoms with van der Waals surface area (Å²) in [4.78, 5) is 12.2. The number of para-hydroxylation sites is 1. The molecule has 2 aromatic rings. The molecule has 172 valence electrons. The molecule has 2 fully saturated rings. The molecule has 0 atom stereocenters. The van der Waals surface area contributed by atoms with Gasteiger partial charge in [-0.1, -0.05) is 24.3 Å². The third-order valence-electron chi connectivity index (χ3n) is 6.08. The Morgan fingerprint density at radius 1 is 0.969 bits per heavy atom. The Labute approximate surface area is 191 Å². The highest BCUT2D eigenvalue weighted by Crippen LogP contribution is 2.24. The summed E-state index contributed by atoms with van der Waals surface area (Å²) in [7, 11) is 1.72. The van der Waals surface area contributed by atoms with Gasteiger partial charge >= 0.3 is 0 Å². The van der Waals surface area contributed by atoms with Gasteiger partial charge in [-0.15, -0.1) is 0 Å². The first-order valence-electron chi connectivity index (χ1n) is 11.6. The number of rotatable bonds is 6. The second-order valence-corrected chi connectivity index (χ2v) is 8.07. The van der Waals surface area contributed by atoms with Crippen molar-refractivity contribution < 1.29 is 9.47 Å². The van der Waals surface area contributed by atoms with E-state index in [2.05, 4.69) is 69.4 Å². The lowest BCUT2D eigenvalue weighted by Crippen LogP contribution is -2.52. The molecule has 2 aromatic carbocycles. The molecule has 1 N–H and O–H groups in total. The minimum atomic E-state index is 0.673. The number of piperazine rings is 1. The number of ether oxygens (including phenoxy) is 2. The van der Waals surface area contributed by atoms with Crippen molar-refractivity contribution in [3.05, 3.63) is 54.1 Å². The molecule has 0 amide bonds. The monoisotopic (exact) mass is 437 g/mol. The molecule has 0 aliphatic carbocycles. The van der Waals surface area contributed by atoms with E-state index in [1.54, 1.807) is 7.11 Å². The van der Waals surface area contributed by atoms with Crippen LogP contribution in [-0.2, 0) is 11.3 Å². The standard InChI is InChI=1S/C25H35N5O2/c1-3-26-25(27-20-21-7-4-5-10-24(21)29-15-17-32-18-16-29)30-13-11-28(12-14-30)22-8-6-9-23(19-22)31-2/h4-10,19H,3,11-18,20H2,1-2H3,(H,26,27). The van der Waals surface area contributed by atoms with Crippen LogP contribution in [0.3, 0.4) is 0 Å². The molecule has 7 heteroatoms. The maximum atomic E-state index is 5.53. The summed E-state index contributed by atoms with van der Waals surface area (Å²) in [6, 6.07) is 16.9. The van der Waals surface area contributed by atoms with E-state index in [1.165, 1.54) is 16.9 Å². The van der Waals surface area contributed by atoms with Crippen molar-refractivity contribution in [2.75, 3.05) is 75.9 Å². The Hall–Kier alpha value is -2.93. The fourth-order valence-electron chi connectivity index (χ4n) is 4.33. The number of benzene rings is 2. The van der Waals surface area contributed by atoms with Gasteiger partial charge in [0.05, 0.1) is 26.9 Å². The lowest BCUT2D eigenvalue weighted by molar-refractivity contribution is 0.122. The molecular weight excluding hydrogens is 402 g/mol. The number of nitrogens with zero attached hydrogens (tertiary/aromatic N) is 4. The third kappa shape index (κ3) is 5.46. The van der Waals surface area contributed by atoms with E-state index in [1.807, 2.05) is 6.07 Å². The molecule has 32 heavy (non-hydrogen) atoms. The first-order chi connectivity index (χ1) is 15.8. The smallest absolute Gasteiger partial charge is 0.194 e. The van der Waals surface area contributed by atoms with E-state index in [9.17, 15) is 0 Å². The second-order valence-electron chi connectivity index (χ2n) is 8.07. The van der Waals surface area contributed by atoms with E-state index in [-0.39, 0.29) is 0 Å². The van der Waals surface area contributed by atoms with E-state index in [0.29, 0.717) is 6.54 Å². The van der Waals surface area contributed by atoms with Gasteiger partial charge in [0.1, 0.15) is 5.75 Å². The Morgan fingerprint density at radius 2 is 1.75 bits per heavy atom. The van der Waals surface area contributed by atoms with Crippen LogP contribution in [0.4, 0.5) is 11.4 Å². The largest absolute Gasteiger partial charge is 0.497 e. The summed E-state index contributed by atoms with van der Waals surface area (Å²) < 4.78 is 10.9. The van der Waals surface area contributed by atoms with Gasteiger partial charge < -0.3 is 29.5 Å². The van der Waals surface area contributed by atoms with Crippen molar-refractivity contribution in [1.82, 2.24) is 10.2 Å². The molecule has 2 heterocycles. The fraction of sp³-hybridized carbons (Fsp3) is 0.480. The molecular formula is C25H35N5O2. The predicted molar refractivity (Wildman–Crippen MR) is 131 cm³/mol. The first kappa shape index (κ1) is 22.3. The highest BCUT2D eigenvalue weighted by atomic mass is 16.5. The number of morpholine rings is 1. The highest BCUT2D eigenvalue weighted by Gasteiger charge is 2.20. The average molecular weight is 438 g/mol. The summed E-state index contributed by atoms with van der Waals surface area (Å²) in [5, 5.41) is 3.50. The van der Waals surface area contributed by atoms with Crippen LogP contribution in [0.1, 0.15) is 12.5 Å². The minimum Gasteiger partial charge on any atom is -0.497 e. The molecule has 0 saturated carbocycles. The number of aliphatic imine (C=N–C) groups is 1. The Bertz CT molecular complexity index is 889. The summed E-state index contributed by atoms with van der Waals surface area (Å²) in [6.45, 7) is 10.9. The number of guanidine groups is 1. The number of nitrogens with one attached hydrogen (secondary N) is 1. The highest BCUT2D eigenvalue weighted by molar-refractivity contribution is 5.80. The SMILES string of the molecule is CCNC(=NCc1ccccc1N1CCOCC1)N1CCN(c2cccc(OC)c2)CC1. The maximum Gasteiger partial charge on any atom is 0.194 e. The van der Waals surface area contributed by atoms with Crippen LogP contribution < -0.4 is 19.9 Å². The average Bonchev–Trinajstić information content (AvgIpc) is 2.87. The van der Waals surface area contributed by atoms with E-state index < -0.39 is 0 Å². The van der Waals surface area contributed by atoms with Crippen LogP contribution in [0.15, 0.2) is 53.5 Å². The molecule has 2 saturated heterocycles. The molecule has 0 unspecified atom stereocenters. The van der Waals surface area contributed by atoms with Gasteiger partial charge in [-0.2, -0.15) is 0 Å². The van der Waals surface area contributed by atoms with Crippen LogP contribution in [0.5, 0.6) is 5.75 Å². The molecule has 0 spiro atoms. The number of methoxy groups -OCH3 is 1. The first-order valence-corrected chi connectivity index (χ1v) is 11.6. The van der Waals surface area contributed by atoms with Gasteiger partial charge in [0, 0.05) is 63.3 Å². The number of hydrogen-bond acceptors (Lipinski definition) is 5. The molecule has 0 bridgehead atoms. The van der Waals surface area contributed by atoms with Crippen molar-refractivity contribution >= 4 is 17.3 Å². The normalized spacial score (nSPS) is 17.4. The summed E-state index contributed by atoms with van der Waals surface area (Å²) in [5.41, 5.74) is 3.75. The quantitative estimate of drug-likeness (QED) is 0.554. The molecule has 2 aliphatic heterocycles. The number of anilines is 2. The van der Waals surface area contributed by atoms with Gasteiger partial charge in [-0.05, 0) is 30.7 Å². The van der Waals surface area contributed by atoms with Crippen LogP contribution in [0, 0.1) is 0 Å². The van der Waals surface area contributed by atoms with Gasteiger partial charge in [0.15, 0.2) is 5.96 Å². The van der Waals surface area contributed by atoms with Crippen LogP contribution in [0.25, 0.3) is 0 Å². The van der Waals surface area contributed by atoms with E-state index in [4.69, 9.17) is 14.5 Å². The zero-order valence-corrected chi connectivity index (χ0v) is 19.3. The third-order valence-corrected chi connectivity index (χ3v) is 6.08. The minimum absolute atomic E-state index is 0.673. The molecule has 4 rings (SSSR count). The zero-order chi connectivity index (χ0) is 22.2. The zero-order valence-electron chi connectivity index (χ0n) is 19.3. The van der Waals surface area contributed by atoms with Crippen LogP contribution in [-0.4, -0.2) is 77.0 Å². The van der Waals surface area contributed by atoms with Crippen molar-refractivity contribution in [1.29, 1.82) is 0 Å². The van der Waals surface area contributed by atoms with E-state index in [0.717, 1.165) is 70.7 Å². The summed E-state index contributed by atoms with van der Waals surface area (Å²) >= 11 is 0. The molecule has 7 nitrogen and oxygen atoms in total. The van der Waals surface area contributed by atoms with Crippen molar-refractivity contribution in [3.63, 3.8) is 0 Å².